The molecule has 0 amide bonds. The number of aryl methyl sites for hydroxylation is 2. The first-order chi connectivity index (χ1) is 8.06. The van der Waals surface area contributed by atoms with Gasteiger partial charge in [-0.25, -0.2) is 4.39 Å². The van der Waals surface area contributed by atoms with Crippen LogP contribution >= 0.6 is 0 Å². The van der Waals surface area contributed by atoms with Gasteiger partial charge in [-0.2, -0.15) is 0 Å². The van der Waals surface area contributed by atoms with Crippen molar-refractivity contribution in [3.63, 3.8) is 0 Å². The molecule has 1 aromatic heterocycles. The van der Waals surface area contributed by atoms with Gasteiger partial charge in [0.1, 0.15) is 17.3 Å². The van der Waals surface area contributed by atoms with Crippen molar-refractivity contribution in [1.82, 2.24) is 0 Å². The Hall–Kier alpha value is -1.77. The van der Waals surface area contributed by atoms with Crippen LogP contribution in [0.5, 0.6) is 0 Å². The number of rotatable bonds is 3. The van der Waals surface area contributed by atoms with Crippen LogP contribution < -0.4 is 5.32 Å². The standard InChI is InChI=1S/C14H16FNO/c1-9-4-6-12(8-13(9)15)16-11(3)14-7-5-10(2)17-14/h4-8,11,16H,1-3H3. The summed E-state index contributed by atoms with van der Waals surface area (Å²) in [4.78, 5) is 0. The van der Waals surface area contributed by atoms with Gasteiger partial charge in [0.25, 0.3) is 0 Å². The molecule has 2 nitrogen and oxygen atoms in total. The molecule has 0 saturated heterocycles. The molecule has 0 fully saturated rings. The molecular formula is C14H16FNO. The minimum atomic E-state index is -0.196. The lowest BCUT2D eigenvalue weighted by molar-refractivity contribution is 0.467. The molecule has 90 valence electrons. The number of hydrogen-bond donors (Lipinski definition) is 1. The smallest absolute Gasteiger partial charge is 0.128 e. The Balaban J connectivity index is 2.12. The van der Waals surface area contributed by atoms with Crippen molar-refractivity contribution in [2.24, 2.45) is 0 Å². The van der Waals surface area contributed by atoms with Gasteiger partial charge in [0.2, 0.25) is 0 Å². The van der Waals surface area contributed by atoms with Crippen molar-refractivity contribution < 1.29 is 8.81 Å². The molecule has 0 aliphatic rings. The second-order valence-electron chi connectivity index (χ2n) is 4.28. The van der Waals surface area contributed by atoms with Gasteiger partial charge in [-0.05, 0) is 50.6 Å². The molecule has 0 aliphatic carbocycles. The molecule has 1 heterocycles. The first-order valence-electron chi connectivity index (χ1n) is 5.65. The summed E-state index contributed by atoms with van der Waals surface area (Å²) in [7, 11) is 0. The van der Waals surface area contributed by atoms with Crippen molar-refractivity contribution >= 4 is 5.69 Å². The van der Waals surface area contributed by atoms with Crippen molar-refractivity contribution in [2.75, 3.05) is 5.32 Å². The van der Waals surface area contributed by atoms with Crippen molar-refractivity contribution in [2.45, 2.75) is 26.8 Å². The second-order valence-corrected chi connectivity index (χ2v) is 4.28. The molecule has 0 aliphatic heterocycles. The lowest BCUT2D eigenvalue weighted by Gasteiger charge is -2.13. The minimum Gasteiger partial charge on any atom is -0.464 e. The highest BCUT2D eigenvalue weighted by atomic mass is 19.1. The number of hydrogen-bond acceptors (Lipinski definition) is 2. The molecule has 1 unspecified atom stereocenters. The van der Waals surface area contributed by atoms with Crippen molar-refractivity contribution in [1.29, 1.82) is 0 Å². The van der Waals surface area contributed by atoms with Gasteiger partial charge in [0.05, 0.1) is 6.04 Å². The summed E-state index contributed by atoms with van der Waals surface area (Å²) >= 11 is 0. The predicted molar refractivity (Wildman–Crippen MR) is 66.6 cm³/mol. The Morgan fingerprint density at radius 1 is 1.18 bits per heavy atom. The van der Waals surface area contributed by atoms with E-state index >= 15 is 0 Å². The van der Waals surface area contributed by atoms with Crippen LogP contribution in [0.1, 0.15) is 30.0 Å². The van der Waals surface area contributed by atoms with Gasteiger partial charge < -0.3 is 9.73 Å². The lowest BCUT2D eigenvalue weighted by Crippen LogP contribution is -2.05. The van der Waals surface area contributed by atoms with Crippen LogP contribution in [-0.4, -0.2) is 0 Å². The summed E-state index contributed by atoms with van der Waals surface area (Å²) in [5, 5.41) is 3.21. The van der Waals surface area contributed by atoms with Gasteiger partial charge >= 0.3 is 0 Å². The van der Waals surface area contributed by atoms with E-state index in [0.29, 0.717) is 5.56 Å². The van der Waals surface area contributed by atoms with E-state index in [9.17, 15) is 4.39 Å². The first-order valence-corrected chi connectivity index (χ1v) is 5.65. The average molecular weight is 233 g/mol. The summed E-state index contributed by atoms with van der Waals surface area (Å²) in [6, 6.07) is 9.00. The van der Waals surface area contributed by atoms with E-state index in [-0.39, 0.29) is 11.9 Å². The normalized spacial score (nSPS) is 12.5. The van der Waals surface area contributed by atoms with E-state index in [1.807, 2.05) is 32.0 Å². The Morgan fingerprint density at radius 2 is 1.94 bits per heavy atom. The summed E-state index contributed by atoms with van der Waals surface area (Å²) in [5.41, 5.74) is 1.41. The van der Waals surface area contributed by atoms with Gasteiger partial charge in [-0.15, -0.1) is 0 Å². The van der Waals surface area contributed by atoms with Crippen LogP contribution in [0.4, 0.5) is 10.1 Å². The lowest BCUT2D eigenvalue weighted by atomic mass is 10.2. The van der Waals surface area contributed by atoms with Crippen LogP contribution in [0.25, 0.3) is 0 Å². The fraction of sp³-hybridized carbons (Fsp3) is 0.286. The van der Waals surface area contributed by atoms with Crippen LogP contribution in [0.3, 0.4) is 0 Å². The van der Waals surface area contributed by atoms with Crippen molar-refractivity contribution in [3.8, 4) is 0 Å². The average Bonchev–Trinajstić information content (AvgIpc) is 2.70. The molecule has 17 heavy (non-hydrogen) atoms. The highest BCUT2D eigenvalue weighted by Gasteiger charge is 2.09. The summed E-state index contributed by atoms with van der Waals surface area (Å²) in [5.74, 6) is 1.53. The molecule has 1 aromatic carbocycles. The third kappa shape index (κ3) is 2.67. The summed E-state index contributed by atoms with van der Waals surface area (Å²) < 4.78 is 18.9. The van der Waals surface area contributed by atoms with Gasteiger partial charge in [0.15, 0.2) is 0 Å². The Kier molecular flexibility index (Phi) is 3.18. The number of halogens is 1. The van der Waals surface area contributed by atoms with E-state index in [1.165, 1.54) is 6.07 Å². The predicted octanol–water partition coefficient (Wildman–Crippen LogP) is 4.21. The van der Waals surface area contributed by atoms with Gasteiger partial charge in [-0.3, -0.25) is 0 Å². The third-order valence-electron chi connectivity index (χ3n) is 2.74. The quantitative estimate of drug-likeness (QED) is 0.859. The topological polar surface area (TPSA) is 25.2 Å². The minimum absolute atomic E-state index is 0.0193. The third-order valence-corrected chi connectivity index (χ3v) is 2.74. The largest absolute Gasteiger partial charge is 0.464 e. The van der Waals surface area contributed by atoms with Crippen LogP contribution in [0.15, 0.2) is 34.7 Å². The van der Waals surface area contributed by atoms with E-state index in [1.54, 1.807) is 13.0 Å². The molecule has 0 radical (unpaired) electrons. The van der Waals surface area contributed by atoms with E-state index in [2.05, 4.69) is 5.32 Å². The van der Waals surface area contributed by atoms with Gasteiger partial charge in [-0.1, -0.05) is 6.07 Å². The molecule has 0 bridgehead atoms. The Bertz CT molecular complexity index is 519. The van der Waals surface area contributed by atoms with Crippen LogP contribution in [0, 0.1) is 19.7 Å². The molecular weight excluding hydrogens is 217 g/mol. The summed E-state index contributed by atoms with van der Waals surface area (Å²) in [6.07, 6.45) is 0. The fourth-order valence-electron chi connectivity index (χ4n) is 1.69. The highest BCUT2D eigenvalue weighted by molar-refractivity contribution is 5.46. The van der Waals surface area contributed by atoms with Gasteiger partial charge in [0, 0.05) is 5.69 Å². The van der Waals surface area contributed by atoms with Crippen molar-refractivity contribution in [3.05, 3.63) is 53.2 Å². The van der Waals surface area contributed by atoms with E-state index < -0.39 is 0 Å². The van der Waals surface area contributed by atoms with E-state index in [4.69, 9.17) is 4.42 Å². The first kappa shape index (κ1) is 11.7. The highest BCUT2D eigenvalue weighted by Crippen LogP contribution is 2.22. The molecule has 1 atom stereocenters. The monoisotopic (exact) mass is 233 g/mol. The SMILES string of the molecule is Cc1ccc(C(C)Nc2ccc(C)c(F)c2)o1. The Morgan fingerprint density at radius 3 is 2.53 bits per heavy atom. The van der Waals surface area contributed by atoms with Crippen LogP contribution in [-0.2, 0) is 0 Å². The van der Waals surface area contributed by atoms with Crippen LogP contribution in [0.2, 0.25) is 0 Å². The molecule has 0 spiro atoms. The molecule has 0 saturated carbocycles. The zero-order chi connectivity index (χ0) is 12.4. The molecule has 1 N–H and O–H groups in total. The Labute approximate surface area is 100 Å². The number of furan rings is 1. The molecule has 3 heteroatoms. The number of nitrogens with one attached hydrogen (secondary N) is 1. The maximum atomic E-state index is 13.4. The maximum Gasteiger partial charge on any atom is 0.128 e. The number of anilines is 1. The zero-order valence-electron chi connectivity index (χ0n) is 10.3. The molecule has 2 aromatic rings. The molecule has 2 rings (SSSR count). The summed E-state index contributed by atoms with van der Waals surface area (Å²) in [6.45, 7) is 5.64. The second kappa shape index (κ2) is 4.62. The zero-order valence-corrected chi connectivity index (χ0v) is 10.3. The van der Waals surface area contributed by atoms with E-state index in [0.717, 1.165) is 17.2 Å². The number of benzene rings is 1. The maximum absolute atomic E-state index is 13.4. The fourth-order valence-corrected chi connectivity index (χ4v) is 1.69.